The second-order valence-electron chi connectivity index (χ2n) is 4.92. The van der Waals surface area contributed by atoms with Crippen LogP contribution in [0.2, 0.25) is 0 Å². The number of nitrogens with zero attached hydrogens (tertiary/aromatic N) is 1. The van der Waals surface area contributed by atoms with Gasteiger partial charge in [0, 0.05) is 25.1 Å². The largest absolute Gasteiger partial charge is 0.342 e. The van der Waals surface area contributed by atoms with Gasteiger partial charge in [0.15, 0.2) is 5.78 Å². The van der Waals surface area contributed by atoms with E-state index in [1.54, 1.807) is 29.2 Å². The standard InChI is InChI=1S/C15H18N2O3/c1-3-17-9-11(8-14(17)19)15(20)16-13-7-5-4-6-12(13)10(2)18/h4-7,11H,3,8-9H2,1-2H3,(H,16,20). The van der Waals surface area contributed by atoms with Gasteiger partial charge in [-0.15, -0.1) is 0 Å². The Morgan fingerprint density at radius 1 is 1.35 bits per heavy atom. The fraction of sp³-hybridized carbons (Fsp3) is 0.400. The molecule has 0 aliphatic carbocycles. The average molecular weight is 274 g/mol. The first-order chi connectivity index (χ1) is 9.52. The Morgan fingerprint density at radius 3 is 2.65 bits per heavy atom. The van der Waals surface area contributed by atoms with E-state index in [0.29, 0.717) is 24.3 Å². The number of ketones is 1. The smallest absolute Gasteiger partial charge is 0.229 e. The minimum Gasteiger partial charge on any atom is -0.342 e. The summed E-state index contributed by atoms with van der Waals surface area (Å²) < 4.78 is 0. The molecule has 5 heteroatoms. The van der Waals surface area contributed by atoms with Gasteiger partial charge in [-0.05, 0) is 26.0 Å². The van der Waals surface area contributed by atoms with Crippen LogP contribution in [0.5, 0.6) is 0 Å². The first-order valence-electron chi connectivity index (χ1n) is 6.71. The first-order valence-corrected chi connectivity index (χ1v) is 6.71. The average Bonchev–Trinajstić information content (AvgIpc) is 2.80. The minimum absolute atomic E-state index is 0.00695. The van der Waals surface area contributed by atoms with Gasteiger partial charge in [-0.1, -0.05) is 12.1 Å². The van der Waals surface area contributed by atoms with Gasteiger partial charge < -0.3 is 10.2 Å². The maximum Gasteiger partial charge on any atom is 0.229 e. The van der Waals surface area contributed by atoms with Crippen LogP contribution in [0.15, 0.2) is 24.3 Å². The van der Waals surface area contributed by atoms with Gasteiger partial charge in [-0.3, -0.25) is 14.4 Å². The molecule has 0 saturated carbocycles. The second kappa shape index (κ2) is 5.86. The van der Waals surface area contributed by atoms with Crippen LogP contribution < -0.4 is 5.32 Å². The number of Topliss-reactive ketones (excluding diaryl/α,β-unsaturated/α-hetero) is 1. The highest BCUT2D eigenvalue weighted by molar-refractivity contribution is 6.05. The molecule has 1 N–H and O–H groups in total. The molecule has 1 aliphatic heterocycles. The van der Waals surface area contributed by atoms with Gasteiger partial charge in [0.25, 0.3) is 0 Å². The number of likely N-dealkylation sites (tertiary alicyclic amines) is 1. The van der Waals surface area contributed by atoms with Crippen molar-refractivity contribution in [3.63, 3.8) is 0 Å². The molecule has 1 aliphatic rings. The number of rotatable bonds is 4. The molecule has 1 aromatic rings. The summed E-state index contributed by atoms with van der Waals surface area (Å²) >= 11 is 0. The SMILES string of the molecule is CCN1CC(C(=O)Nc2ccccc2C(C)=O)CC1=O. The van der Waals surface area contributed by atoms with Crippen molar-refractivity contribution in [3.8, 4) is 0 Å². The van der Waals surface area contributed by atoms with E-state index in [2.05, 4.69) is 5.32 Å². The second-order valence-corrected chi connectivity index (χ2v) is 4.92. The molecule has 0 aromatic heterocycles. The highest BCUT2D eigenvalue weighted by Gasteiger charge is 2.33. The lowest BCUT2D eigenvalue weighted by Gasteiger charge is -2.14. The molecule has 106 valence electrons. The van der Waals surface area contributed by atoms with Crippen LogP contribution in [0, 0.1) is 5.92 Å². The summed E-state index contributed by atoms with van der Waals surface area (Å²) in [5, 5.41) is 2.76. The molecule has 2 amide bonds. The summed E-state index contributed by atoms with van der Waals surface area (Å²) in [6, 6.07) is 6.89. The quantitative estimate of drug-likeness (QED) is 0.850. The van der Waals surface area contributed by atoms with Crippen LogP contribution in [0.1, 0.15) is 30.6 Å². The van der Waals surface area contributed by atoms with Crippen LogP contribution in [0.4, 0.5) is 5.69 Å². The number of carbonyl (C=O) groups excluding carboxylic acids is 3. The van der Waals surface area contributed by atoms with Crippen molar-refractivity contribution in [2.45, 2.75) is 20.3 Å². The lowest BCUT2D eigenvalue weighted by Crippen LogP contribution is -2.28. The zero-order valence-electron chi connectivity index (χ0n) is 11.7. The fourth-order valence-corrected chi connectivity index (χ4v) is 2.39. The molecule has 1 heterocycles. The lowest BCUT2D eigenvalue weighted by atomic mass is 10.1. The third kappa shape index (κ3) is 2.87. The van der Waals surface area contributed by atoms with E-state index < -0.39 is 0 Å². The van der Waals surface area contributed by atoms with E-state index in [-0.39, 0.29) is 29.9 Å². The number of carbonyl (C=O) groups is 3. The van der Waals surface area contributed by atoms with Gasteiger partial charge in [0.1, 0.15) is 0 Å². The molecule has 1 fully saturated rings. The predicted octanol–water partition coefficient (Wildman–Crippen LogP) is 1.70. The molecule has 1 saturated heterocycles. The maximum atomic E-state index is 12.2. The summed E-state index contributed by atoms with van der Waals surface area (Å²) in [7, 11) is 0. The molecule has 1 unspecified atom stereocenters. The third-order valence-electron chi connectivity index (χ3n) is 3.53. The van der Waals surface area contributed by atoms with Gasteiger partial charge in [0.05, 0.1) is 11.6 Å². The summed E-state index contributed by atoms with van der Waals surface area (Å²) in [5.74, 6) is -0.642. The van der Waals surface area contributed by atoms with Crippen molar-refractivity contribution in [2.24, 2.45) is 5.92 Å². The van der Waals surface area contributed by atoms with Gasteiger partial charge in [-0.2, -0.15) is 0 Å². The van der Waals surface area contributed by atoms with Gasteiger partial charge in [0.2, 0.25) is 11.8 Å². The van der Waals surface area contributed by atoms with Crippen LogP contribution >= 0.6 is 0 Å². The van der Waals surface area contributed by atoms with Gasteiger partial charge in [-0.25, -0.2) is 0 Å². The van der Waals surface area contributed by atoms with Crippen LogP contribution in [-0.4, -0.2) is 35.6 Å². The van der Waals surface area contributed by atoms with Crippen molar-refractivity contribution in [1.82, 2.24) is 4.90 Å². The number of hydrogen-bond acceptors (Lipinski definition) is 3. The highest BCUT2D eigenvalue weighted by Crippen LogP contribution is 2.21. The molecule has 1 aromatic carbocycles. The third-order valence-corrected chi connectivity index (χ3v) is 3.53. The van der Waals surface area contributed by atoms with E-state index in [1.807, 2.05) is 6.92 Å². The van der Waals surface area contributed by atoms with Crippen molar-refractivity contribution in [3.05, 3.63) is 29.8 Å². The molecule has 1 atom stereocenters. The van der Waals surface area contributed by atoms with E-state index >= 15 is 0 Å². The lowest BCUT2D eigenvalue weighted by molar-refractivity contribution is -0.128. The number of nitrogens with one attached hydrogen (secondary N) is 1. The van der Waals surface area contributed by atoms with E-state index in [4.69, 9.17) is 0 Å². The minimum atomic E-state index is -0.345. The fourth-order valence-electron chi connectivity index (χ4n) is 2.39. The number of hydrogen-bond donors (Lipinski definition) is 1. The Labute approximate surface area is 118 Å². The van der Waals surface area contributed by atoms with E-state index in [1.165, 1.54) is 6.92 Å². The van der Waals surface area contributed by atoms with Crippen LogP contribution in [0.25, 0.3) is 0 Å². The summed E-state index contributed by atoms with van der Waals surface area (Å²) in [5.41, 5.74) is 0.991. The summed E-state index contributed by atoms with van der Waals surface area (Å²) in [6.07, 6.45) is 0.238. The number of anilines is 1. The zero-order chi connectivity index (χ0) is 14.7. The van der Waals surface area contributed by atoms with Gasteiger partial charge >= 0.3 is 0 Å². The van der Waals surface area contributed by atoms with Crippen LogP contribution in [-0.2, 0) is 9.59 Å². The van der Waals surface area contributed by atoms with Crippen molar-refractivity contribution < 1.29 is 14.4 Å². The van der Waals surface area contributed by atoms with E-state index in [0.717, 1.165) is 0 Å². The van der Waals surface area contributed by atoms with Crippen molar-refractivity contribution >= 4 is 23.3 Å². The number of para-hydroxylation sites is 1. The Hall–Kier alpha value is -2.17. The molecular weight excluding hydrogens is 256 g/mol. The topological polar surface area (TPSA) is 66.5 Å². The monoisotopic (exact) mass is 274 g/mol. The van der Waals surface area contributed by atoms with Crippen LogP contribution in [0.3, 0.4) is 0 Å². The summed E-state index contributed by atoms with van der Waals surface area (Å²) in [4.78, 5) is 37.0. The number of benzene rings is 1. The Kier molecular flexibility index (Phi) is 4.17. The molecule has 5 nitrogen and oxygen atoms in total. The Balaban J connectivity index is 2.10. The van der Waals surface area contributed by atoms with E-state index in [9.17, 15) is 14.4 Å². The normalized spacial score (nSPS) is 18.2. The van der Waals surface area contributed by atoms with Crippen molar-refractivity contribution in [1.29, 1.82) is 0 Å². The Morgan fingerprint density at radius 2 is 2.05 bits per heavy atom. The van der Waals surface area contributed by atoms with Crippen molar-refractivity contribution in [2.75, 3.05) is 18.4 Å². The maximum absolute atomic E-state index is 12.2. The number of amides is 2. The predicted molar refractivity (Wildman–Crippen MR) is 75.4 cm³/mol. The molecule has 20 heavy (non-hydrogen) atoms. The zero-order valence-corrected chi connectivity index (χ0v) is 11.7. The molecule has 0 spiro atoms. The molecule has 0 bridgehead atoms. The molecule has 2 rings (SSSR count). The highest BCUT2D eigenvalue weighted by atomic mass is 16.2. The summed E-state index contributed by atoms with van der Waals surface area (Å²) in [6.45, 7) is 4.42. The Bertz CT molecular complexity index is 554. The first kappa shape index (κ1) is 14.2. The molecular formula is C15H18N2O3. The molecule has 0 radical (unpaired) electrons.